The number of carbonyl (C=O) groups is 3. The van der Waals surface area contributed by atoms with Crippen molar-refractivity contribution in [1.82, 2.24) is 14.5 Å². The van der Waals surface area contributed by atoms with Crippen LogP contribution in [0, 0.1) is 0 Å². The van der Waals surface area contributed by atoms with Crippen LogP contribution in [0.4, 0.5) is 4.79 Å². The van der Waals surface area contributed by atoms with E-state index < -0.39 is 23.7 Å². The molecule has 3 N–H and O–H groups in total. The Labute approximate surface area is 160 Å². The number of rotatable bonds is 4. The van der Waals surface area contributed by atoms with Gasteiger partial charge in [-0.2, -0.15) is 5.06 Å². The predicted octanol–water partition coefficient (Wildman–Crippen LogP) is 1.49. The predicted molar refractivity (Wildman–Crippen MR) is 95.9 cm³/mol. The van der Waals surface area contributed by atoms with Gasteiger partial charge in [0.1, 0.15) is 12.3 Å². The average molecular weight is 384 g/mol. The van der Waals surface area contributed by atoms with E-state index >= 15 is 0 Å². The van der Waals surface area contributed by atoms with Crippen molar-refractivity contribution in [2.24, 2.45) is 5.73 Å². The molecular weight excluding hydrogens is 364 g/mol. The first-order valence-corrected chi connectivity index (χ1v) is 8.94. The van der Waals surface area contributed by atoms with E-state index in [1.807, 2.05) is 6.07 Å². The molecule has 0 saturated carbocycles. The highest BCUT2D eigenvalue weighted by Gasteiger charge is 2.61. The molecule has 9 heteroatoms. The molecule has 0 bridgehead atoms. The molecule has 2 aliphatic rings. The number of carbonyl (C=O) groups excluding carboxylic acids is 3. The molecule has 9 nitrogen and oxygen atoms in total. The third-order valence-corrected chi connectivity index (χ3v) is 5.41. The maximum Gasteiger partial charge on any atom is 0.436 e. The molecule has 146 valence electrons. The minimum Gasteiger partial charge on any atom is -0.443 e. The third kappa shape index (κ3) is 2.55. The van der Waals surface area contributed by atoms with Crippen LogP contribution in [0.1, 0.15) is 35.1 Å². The lowest BCUT2D eigenvalue weighted by atomic mass is 9.88. The number of aromatic nitrogens is 1. The molecule has 2 aromatic rings. The standard InChI is InChI=1S/C19H20N4O5/c20-16(25)19-9-5-11-22(19)15(24)14-8-4-10-21(14)17(19)23(27)18(26)28-12-13-6-2-1-3-7-13/h1-4,6-8,10,17,27H,5,9,11-12H2,(H2,20,25)/t17-,19+/m0/s1. The van der Waals surface area contributed by atoms with Crippen LogP contribution in [0.15, 0.2) is 48.7 Å². The number of hydroxylamine groups is 2. The van der Waals surface area contributed by atoms with Crippen molar-refractivity contribution in [3.63, 3.8) is 0 Å². The smallest absolute Gasteiger partial charge is 0.436 e. The van der Waals surface area contributed by atoms with Gasteiger partial charge in [-0.15, -0.1) is 0 Å². The van der Waals surface area contributed by atoms with Crippen molar-refractivity contribution >= 4 is 17.9 Å². The topological polar surface area (TPSA) is 118 Å². The van der Waals surface area contributed by atoms with Crippen LogP contribution >= 0.6 is 0 Å². The second-order valence-electron chi connectivity index (χ2n) is 6.91. The molecule has 0 unspecified atom stereocenters. The molecule has 4 rings (SSSR count). The lowest BCUT2D eigenvalue weighted by Gasteiger charge is -2.47. The van der Waals surface area contributed by atoms with E-state index in [1.165, 1.54) is 15.7 Å². The Bertz CT molecular complexity index is 927. The van der Waals surface area contributed by atoms with E-state index in [9.17, 15) is 19.6 Å². The molecule has 0 radical (unpaired) electrons. The average Bonchev–Trinajstić information content (AvgIpc) is 3.35. The summed E-state index contributed by atoms with van der Waals surface area (Å²) < 4.78 is 6.60. The van der Waals surface area contributed by atoms with Crippen molar-refractivity contribution in [1.29, 1.82) is 0 Å². The summed E-state index contributed by atoms with van der Waals surface area (Å²) in [7, 11) is 0. The van der Waals surface area contributed by atoms with Crippen molar-refractivity contribution in [3.8, 4) is 0 Å². The minimum atomic E-state index is -1.54. The van der Waals surface area contributed by atoms with Gasteiger partial charge < -0.3 is 19.9 Å². The van der Waals surface area contributed by atoms with Crippen LogP contribution in [0.25, 0.3) is 0 Å². The molecule has 1 aromatic carbocycles. The summed E-state index contributed by atoms with van der Waals surface area (Å²) in [6.45, 7) is 0.268. The Hall–Kier alpha value is -3.33. The molecule has 2 aliphatic heterocycles. The highest BCUT2D eigenvalue weighted by molar-refractivity contribution is 6.00. The third-order valence-electron chi connectivity index (χ3n) is 5.41. The SMILES string of the molecule is NC(=O)[C@@]12CCCN1C(=O)c1cccn1[C@H]2N(O)C(=O)OCc1ccccc1. The van der Waals surface area contributed by atoms with Crippen LogP contribution in [0.2, 0.25) is 0 Å². The molecule has 28 heavy (non-hydrogen) atoms. The second-order valence-corrected chi connectivity index (χ2v) is 6.91. The fourth-order valence-corrected chi connectivity index (χ4v) is 4.14. The summed E-state index contributed by atoms with van der Waals surface area (Å²) in [6, 6.07) is 12.2. The maximum absolute atomic E-state index is 12.8. The molecular formula is C19H20N4O5. The van der Waals surface area contributed by atoms with Crippen molar-refractivity contribution in [3.05, 3.63) is 59.9 Å². The fourth-order valence-electron chi connectivity index (χ4n) is 4.14. The Balaban J connectivity index is 1.67. The lowest BCUT2D eigenvalue weighted by Crippen LogP contribution is -2.67. The van der Waals surface area contributed by atoms with Crippen LogP contribution in [0.5, 0.6) is 0 Å². The monoisotopic (exact) mass is 384 g/mol. The van der Waals surface area contributed by atoms with Gasteiger partial charge in [-0.1, -0.05) is 30.3 Å². The highest BCUT2D eigenvalue weighted by Crippen LogP contribution is 2.45. The van der Waals surface area contributed by atoms with Gasteiger partial charge in [-0.05, 0) is 30.5 Å². The highest BCUT2D eigenvalue weighted by atomic mass is 16.6. The van der Waals surface area contributed by atoms with Gasteiger partial charge in [0.25, 0.3) is 5.91 Å². The quantitative estimate of drug-likeness (QED) is 0.612. The molecule has 3 heterocycles. The Morgan fingerprint density at radius 3 is 2.71 bits per heavy atom. The fraction of sp³-hybridized carbons (Fsp3) is 0.316. The summed E-state index contributed by atoms with van der Waals surface area (Å²) in [5.74, 6) is -1.14. The zero-order valence-corrected chi connectivity index (χ0v) is 15.0. The van der Waals surface area contributed by atoms with Gasteiger partial charge in [0, 0.05) is 12.7 Å². The zero-order chi connectivity index (χ0) is 19.9. The normalized spacial score (nSPS) is 23.1. The molecule has 0 aliphatic carbocycles. The van der Waals surface area contributed by atoms with Gasteiger partial charge in [-0.25, -0.2) is 4.79 Å². The molecule has 1 saturated heterocycles. The van der Waals surface area contributed by atoms with Gasteiger partial charge in [-0.3, -0.25) is 14.8 Å². The molecule has 3 amide bonds. The summed E-state index contributed by atoms with van der Waals surface area (Å²) in [4.78, 5) is 39.2. The number of fused-ring (bicyclic) bond motifs is 2. The van der Waals surface area contributed by atoms with Crippen molar-refractivity contribution in [2.45, 2.75) is 31.2 Å². The van der Waals surface area contributed by atoms with Gasteiger partial charge in [0.2, 0.25) is 5.91 Å². The zero-order valence-electron chi connectivity index (χ0n) is 15.0. The van der Waals surface area contributed by atoms with Crippen LogP contribution in [-0.2, 0) is 16.1 Å². The van der Waals surface area contributed by atoms with Crippen LogP contribution < -0.4 is 5.73 Å². The summed E-state index contributed by atoms with van der Waals surface area (Å²) >= 11 is 0. The first-order valence-electron chi connectivity index (χ1n) is 8.94. The maximum atomic E-state index is 12.8. The summed E-state index contributed by atoms with van der Waals surface area (Å²) in [5.41, 5.74) is 5.16. The van der Waals surface area contributed by atoms with Crippen LogP contribution in [0.3, 0.4) is 0 Å². The Morgan fingerprint density at radius 2 is 2.00 bits per heavy atom. The number of primary amides is 1. The number of benzene rings is 1. The van der Waals surface area contributed by atoms with Gasteiger partial charge in [0.05, 0.1) is 0 Å². The summed E-state index contributed by atoms with van der Waals surface area (Å²) in [5, 5.41) is 11.1. The molecule has 0 spiro atoms. The number of nitrogens with zero attached hydrogens (tertiary/aromatic N) is 3. The van der Waals surface area contributed by atoms with Crippen LogP contribution in [-0.4, -0.2) is 49.7 Å². The number of hydrogen-bond acceptors (Lipinski definition) is 5. The number of nitrogens with two attached hydrogens (primary N) is 1. The molecule has 1 fully saturated rings. The number of hydrogen-bond donors (Lipinski definition) is 2. The van der Waals surface area contributed by atoms with E-state index in [2.05, 4.69) is 0 Å². The number of amides is 3. The van der Waals surface area contributed by atoms with E-state index in [0.29, 0.717) is 18.0 Å². The van der Waals surface area contributed by atoms with Crippen molar-refractivity contribution < 1.29 is 24.3 Å². The first-order chi connectivity index (χ1) is 13.5. The van der Waals surface area contributed by atoms with Crippen molar-refractivity contribution in [2.75, 3.05) is 6.54 Å². The number of ether oxygens (including phenoxy) is 1. The molecule has 1 aromatic heterocycles. The van der Waals surface area contributed by atoms with E-state index in [-0.39, 0.29) is 24.6 Å². The Kier molecular flexibility index (Phi) is 4.31. The van der Waals surface area contributed by atoms with Gasteiger partial charge in [0.15, 0.2) is 11.7 Å². The van der Waals surface area contributed by atoms with Gasteiger partial charge >= 0.3 is 6.09 Å². The minimum absolute atomic E-state index is 0.0474. The van der Waals surface area contributed by atoms with E-state index in [4.69, 9.17) is 10.5 Å². The van der Waals surface area contributed by atoms with E-state index in [0.717, 1.165) is 5.56 Å². The lowest BCUT2D eigenvalue weighted by molar-refractivity contribution is -0.175. The largest absolute Gasteiger partial charge is 0.443 e. The second kappa shape index (κ2) is 6.68. The molecule has 2 atom stereocenters. The van der Waals surface area contributed by atoms with E-state index in [1.54, 1.807) is 36.4 Å². The first kappa shape index (κ1) is 18.1. The Morgan fingerprint density at radius 1 is 1.25 bits per heavy atom. The summed E-state index contributed by atoms with van der Waals surface area (Å²) in [6.07, 6.45) is 0.0580.